The summed E-state index contributed by atoms with van der Waals surface area (Å²) in [5.74, 6) is 0.354. The zero-order chi connectivity index (χ0) is 18.6. The van der Waals surface area contributed by atoms with Crippen LogP contribution in [0.3, 0.4) is 0 Å². The standard InChI is InChI=1S/C15H19NO9/c1-23-9-3-2-8(4-5-16(21)22)6-10(9)24-15-14(20)13(19)12(18)11(7-17)25-15/h2-6,11-15,17-20H,7H2,1H3/t11-,12+,13+,14-,15-/m1/s1. The van der Waals surface area contributed by atoms with Gasteiger partial charge in [-0.05, 0) is 17.7 Å². The predicted molar refractivity (Wildman–Crippen MR) is 83.4 cm³/mol. The first kappa shape index (κ1) is 19.1. The molecule has 0 aliphatic carbocycles. The molecule has 1 aromatic rings. The highest BCUT2D eigenvalue weighted by molar-refractivity contribution is 5.55. The summed E-state index contributed by atoms with van der Waals surface area (Å²) < 4.78 is 15.9. The van der Waals surface area contributed by atoms with Crippen LogP contribution >= 0.6 is 0 Å². The molecule has 2 rings (SSSR count). The number of aliphatic hydroxyl groups excluding tert-OH is 4. The summed E-state index contributed by atoms with van der Waals surface area (Å²) in [5.41, 5.74) is 0.428. The maximum atomic E-state index is 10.4. The number of nitro groups is 1. The average molecular weight is 357 g/mol. The molecule has 0 radical (unpaired) electrons. The van der Waals surface area contributed by atoms with Gasteiger partial charge in [0.25, 0.3) is 0 Å². The lowest BCUT2D eigenvalue weighted by molar-refractivity contribution is -0.400. The highest BCUT2D eigenvalue weighted by Crippen LogP contribution is 2.32. The molecule has 138 valence electrons. The van der Waals surface area contributed by atoms with Gasteiger partial charge in [-0.2, -0.15) is 0 Å². The van der Waals surface area contributed by atoms with Crippen LogP contribution in [0.15, 0.2) is 24.4 Å². The SMILES string of the molecule is COc1ccc(C=C[N+](=O)[O-])cc1O[C@@H]1O[C@H](CO)[C@H](O)[C@H](O)[C@H]1O. The van der Waals surface area contributed by atoms with Crippen LogP contribution < -0.4 is 9.47 Å². The Balaban J connectivity index is 2.25. The lowest BCUT2D eigenvalue weighted by Gasteiger charge is -2.39. The second kappa shape index (κ2) is 8.23. The summed E-state index contributed by atoms with van der Waals surface area (Å²) in [6.07, 6.45) is -5.19. The van der Waals surface area contributed by atoms with E-state index in [2.05, 4.69) is 0 Å². The molecular weight excluding hydrogens is 338 g/mol. The topological polar surface area (TPSA) is 152 Å². The van der Waals surface area contributed by atoms with Crippen molar-refractivity contribution in [1.82, 2.24) is 0 Å². The fourth-order valence-corrected chi connectivity index (χ4v) is 2.33. The van der Waals surface area contributed by atoms with Crippen LogP contribution in [0.2, 0.25) is 0 Å². The number of benzene rings is 1. The minimum Gasteiger partial charge on any atom is -0.493 e. The van der Waals surface area contributed by atoms with E-state index < -0.39 is 42.2 Å². The lowest BCUT2D eigenvalue weighted by Crippen LogP contribution is -2.60. The first-order valence-corrected chi connectivity index (χ1v) is 7.34. The summed E-state index contributed by atoms with van der Waals surface area (Å²) in [4.78, 5) is 9.79. The molecule has 5 atom stereocenters. The van der Waals surface area contributed by atoms with Gasteiger partial charge >= 0.3 is 0 Å². The summed E-state index contributed by atoms with van der Waals surface area (Å²) in [6.45, 7) is -0.590. The molecular formula is C15H19NO9. The van der Waals surface area contributed by atoms with Gasteiger partial charge in [-0.1, -0.05) is 6.07 Å². The number of aliphatic hydroxyl groups is 4. The van der Waals surface area contributed by atoms with Gasteiger partial charge in [-0.25, -0.2) is 0 Å². The van der Waals surface area contributed by atoms with Crippen LogP contribution in [0.4, 0.5) is 0 Å². The Morgan fingerprint density at radius 2 is 1.96 bits per heavy atom. The first-order chi connectivity index (χ1) is 11.9. The van der Waals surface area contributed by atoms with Gasteiger partial charge in [0.05, 0.1) is 18.6 Å². The van der Waals surface area contributed by atoms with E-state index in [4.69, 9.17) is 14.2 Å². The van der Waals surface area contributed by atoms with Crippen molar-refractivity contribution >= 4 is 6.08 Å². The zero-order valence-electron chi connectivity index (χ0n) is 13.3. The fraction of sp³-hybridized carbons (Fsp3) is 0.467. The predicted octanol–water partition coefficient (Wildman–Crippen LogP) is -0.879. The Bertz CT molecular complexity index is 633. The van der Waals surface area contributed by atoms with E-state index in [9.17, 15) is 30.5 Å². The Morgan fingerprint density at radius 1 is 1.24 bits per heavy atom. The summed E-state index contributed by atoms with van der Waals surface area (Å²) in [6, 6.07) is 4.47. The monoisotopic (exact) mass is 357 g/mol. The number of rotatable bonds is 6. The number of hydrogen-bond donors (Lipinski definition) is 4. The van der Waals surface area contributed by atoms with E-state index in [1.54, 1.807) is 6.07 Å². The highest BCUT2D eigenvalue weighted by Gasteiger charge is 2.44. The van der Waals surface area contributed by atoms with E-state index in [0.717, 1.165) is 6.20 Å². The van der Waals surface area contributed by atoms with Crippen LogP contribution in [0, 0.1) is 10.1 Å². The second-order valence-corrected chi connectivity index (χ2v) is 5.33. The molecule has 0 spiro atoms. The van der Waals surface area contributed by atoms with E-state index >= 15 is 0 Å². The minimum atomic E-state index is -1.58. The van der Waals surface area contributed by atoms with Gasteiger partial charge in [0, 0.05) is 6.08 Å². The van der Waals surface area contributed by atoms with Crippen molar-refractivity contribution in [3.63, 3.8) is 0 Å². The quantitative estimate of drug-likeness (QED) is 0.376. The first-order valence-electron chi connectivity index (χ1n) is 7.34. The molecule has 1 aliphatic rings. The summed E-state index contributed by atoms with van der Waals surface area (Å²) >= 11 is 0. The van der Waals surface area contributed by atoms with Gasteiger partial charge in [0.1, 0.15) is 24.4 Å². The van der Waals surface area contributed by atoms with Crippen LogP contribution in [-0.4, -0.2) is 69.8 Å². The molecule has 1 aromatic carbocycles. The maximum absolute atomic E-state index is 10.4. The normalized spacial score (nSPS) is 29.6. The third kappa shape index (κ3) is 4.44. The van der Waals surface area contributed by atoms with Crippen LogP contribution in [0.5, 0.6) is 11.5 Å². The fourth-order valence-electron chi connectivity index (χ4n) is 2.33. The molecule has 25 heavy (non-hydrogen) atoms. The average Bonchev–Trinajstić information content (AvgIpc) is 2.60. The van der Waals surface area contributed by atoms with Gasteiger partial charge in [0.15, 0.2) is 11.5 Å². The molecule has 1 aliphatic heterocycles. The van der Waals surface area contributed by atoms with Gasteiger partial charge in [-0.3, -0.25) is 10.1 Å². The molecule has 0 amide bonds. The van der Waals surface area contributed by atoms with E-state index in [1.165, 1.54) is 25.3 Å². The molecule has 4 N–H and O–H groups in total. The number of ether oxygens (including phenoxy) is 3. The molecule has 1 fully saturated rings. The van der Waals surface area contributed by atoms with Crippen molar-refractivity contribution in [2.24, 2.45) is 0 Å². The molecule has 10 heteroatoms. The van der Waals surface area contributed by atoms with Crippen molar-refractivity contribution in [3.8, 4) is 11.5 Å². The molecule has 10 nitrogen and oxygen atoms in total. The maximum Gasteiger partial charge on any atom is 0.235 e. The highest BCUT2D eigenvalue weighted by atomic mass is 16.7. The van der Waals surface area contributed by atoms with E-state index in [-0.39, 0.29) is 11.5 Å². The van der Waals surface area contributed by atoms with Crippen molar-refractivity contribution in [1.29, 1.82) is 0 Å². The zero-order valence-corrected chi connectivity index (χ0v) is 13.3. The number of hydrogen-bond acceptors (Lipinski definition) is 9. The molecule has 0 bridgehead atoms. The minimum absolute atomic E-state index is 0.0947. The lowest BCUT2D eigenvalue weighted by atomic mass is 9.99. The Morgan fingerprint density at radius 3 is 2.56 bits per heavy atom. The smallest absolute Gasteiger partial charge is 0.235 e. The van der Waals surface area contributed by atoms with Gasteiger partial charge in [-0.15, -0.1) is 0 Å². The van der Waals surface area contributed by atoms with E-state index in [0.29, 0.717) is 5.56 Å². The molecule has 0 saturated carbocycles. The van der Waals surface area contributed by atoms with E-state index in [1.807, 2.05) is 0 Å². The van der Waals surface area contributed by atoms with Gasteiger partial charge in [0.2, 0.25) is 12.5 Å². The van der Waals surface area contributed by atoms with Crippen molar-refractivity contribution < 1.29 is 39.6 Å². The third-order valence-corrected chi connectivity index (χ3v) is 3.67. The number of methoxy groups -OCH3 is 1. The van der Waals surface area contributed by atoms with Crippen LogP contribution in [0.25, 0.3) is 6.08 Å². The Kier molecular flexibility index (Phi) is 6.28. The van der Waals surface area contributed by atoms with Gasteiger partial charge < -0.3 is 34.6 Å². The Labute approximate surface area is 142 Å². The third-order valence-electron chi connectivity index (χ3n) is 3.67. The molecule has 0 unspecified atom stereocenters. The Hall–Kier alpha value is -2.24. The molecule has 0 aromatic heterocycles. The largest absolute Gasteiger partial charge is 0.493 e. The van der Waals surface area contributed by atoms with Crippen molar-refractivity contribution in [2.75, 3.05) is 13.7 Å². The van der Waals surface area contributed by atoms with Crippen molar-refractivity contribution in [2.45, 2.75) is 30.7 Å². The van der Waals surface area contributed by atoms with Crippen LogP contribution in [-0.2, 0) is 4.74 Å². The second-order valence-electron chi connectivity index (χ2n) is 5.33. The van der Waals surface area contributed by atoms with Crippen LogP contribution in [0.1, 0.15) is 5.56 Å². The molecule has 1 heterocycles. The van der Waals surface area contributed by atoms with Crippen molar-refractivity contribution in [3.05, 3.63) is 40.1 Å². The number of nitrogens with zero attached hydrogens (tertiary/aromatic N) is 1. The summed E-state index contributed by atoms with van der Waals surface area (Å²) in [7, 11) is 1.38. The molecule has 1 saturated heterocycles. The summed E-state index contributed by atoms with van der Waals surface area (Å²) in [5, 5.41) is 49.1.